The van der Waals surface area contributed by atoms with E-state index in [9.17, 15) is 0 Å². The van der Waals surface area contributed by atoms with Crippen molar-refractivity contribution in [1.82, 2.24) is 0 Å². The second-order valence-electron chi connectivity index (χ2n) is 3.75. The fourth-order valence-electron chi connectivity index (χ4n) is 0.944. The lowest BCUT2D eigenvalue weighted by Crippen LogP contribution is -3.00. The van der Waals surface area contributed by atoms with Crippen molar-refractivity contribution in [1.29, 1.82) is 0 Å². The van der Waals surface area contributed by atoms with E-state index in [-0.39, 0.29) is 17.9 Å². The van der Waals surface area contributed by atoms with Gasteiger partial charge >= 0.3 is 0 Å². The summed E-state index contributed by atoms with van der Waals surface area (Å²) in [6.45, 7) is 9.25. The fraction of sp³-hybridized carbons (Fsp3) is 0.889. The topological polar surface area (TPSA) is 49.2 Å². The lowest BCUT2D eigenvalue weighted by Gasteiger charge is -2.21. The van der Waals surface area contributed by atoms with Gasteiger partial charge in [0.05, 0.1) is 6.54 Å². The number of quaternary nitrogens is 1. The Morgan fingerprint density at radius 2 is 2.00 bits per heavy atom. The predicted octanol–water partition coefficient (Wildman–Crippen LogP) is -2.02. The maximum Gasteiger partial charge on any atom is 0.132 e. The van der Waals surface area contributed by atoms with Gasteiger partial charge in [-0.3, -0.25) is 0 Å². The van der Waals surface area contributed by atoms with Gasteiger partial charge in [0.15, 0.2) is 0 Å². The number of oxime groups is 1. The summed E-state index contributed by atoms with van der Waals surface area (Å²) in [7, 11) is 0. The van der Waals surface area contributed by atoms with Crippen LogP contribution in [0, 0.1) is 0 Å². The molecule has 0 fully saturated rings. The highest BCUT2D eigenvalue weighted by atomic mass is 35.5. The van der Waals surface area contributed by atoms with Crippen LogP contribution in [-0.2, 0) is 0 Å². The monoisotopic (exact) mass is 208 g/mol. The molecule has 0 spiro atoms. The Balaban J connectivity index is 0. The summed E-state index contributed by atoms with van der Waals surface area (Å²) in [4.78, 5) is 0. The first-order valence-corrected chi connectivity index (χ1v) is 4.58. The molecule has 0 aliphatic heterocycles. The number of nitrogens with two attached hydrogens (primary N) is 1. The van der Waals surface area contributed by atoms with Gasteiger partial charge in [-0.1, -0.05) is 18.5 Å². The highest BCUT2D eigenvalue weighted by Gasteiger charge is 2.24. The van der Waals surface area contributed by atoms with Crippen LogP contribution in [0.1, 0.15) is 40.5 Å². The third kappa shape index (κ3) is 5.88. The van der Waals surface area contributed by atoms with Crippen LogP contribution in [0.15, 0.2) is 5.16 Å². The molecule has 3 nitrogen and oxygen atoms in total. The van der Waals surface area contributed by atoms with E-state index >= 15 is 0 Å². The van der Waals surface area contributed by atoms with E-state index in [1.807, 2.05) is 6.92 Å². The van der Waals surface area contributed by atoms with Gasteiger partial charge in [-0.05, 0) is 27.2 Å². The molecule has 4 heteroatoms. The molecule has 0 radical (unpaired) electrons. The van der Waals surface area contributed by atoms with Crippen molar-refractivity contribution < 1.29 is 22.9 Å². The van der Waals surface area contributed by atoms with Crippen LogP contribution in [0.4, 0.5) is 0 Å². The third-order valence-corrected chi connectivity index (χ3v) is 2.29. The van der Waals surface area contributed by atoms with Crippen molar-refractivity contribution >= 4 is 5.71 Å². The molecule has 0 rings (SSSR count). The molecule has 0 atom stereocenters. The van der Waals surface area contributed by atoms with Gasteiger partial charge in [0, 0.05) is 0 Å². The standard InChI is InChI=1S/C9H20N2O.ClH/c1-5-6-7-10-9(3,4)8(2)11-12;/h10,12H,5-7H2,1-4H3;1H. The molecule has 80 valence electrons. The molecule has 0 aliphatic carbocycles. The maximum absolute atomic E-state index is 8.59. The van der Waals surface area contributed by atoms with Crippen molar-refractivity contribution in [3.63, 3.8) is 0 Å². The molecule has 0 aliphatic rings. The smallest absolute Gasteiger partial charge is 0.132 e. The molecule has 0 aromatic rings. The molecule has 0 unspecified atom stereocenters. The van der Waals surface area contributed by atoms with E-state index < -0.39 is 0 Å². The van der Waals surface area contributed by atoms with Crippen LogP contribution in [0.3, 0.4) is 0 Å². The van der Waals surface area contributed by atoms with Gasteiger partial charge < -0.3 is 22.9 Å². The largest absolute Gasteiger partial charge is 1.00 e. The van der Waals surface area contributed by atoms with Gasteiger partial charge in [0.1, 0.15) is 11.3 Å². The summed E-state index contributed by atoms with van der Waals surface area (Å²) < 4.78 is 0. The van der Waals surface area contributed by atoms with Crippen LogP contribution in [0.5, 0.6) is 0 Å². The minimum absolute atomic E-state index is 0. The molecule has 0 amide bonds. The van der Waals surface area contributed by atoms with E-state index in [4.69, 9.17) is 5.21 Å². The van der Waals surface area contributed by atoms with Crippen LogP contribution in [0.2, 0.25) is 0 Å². The Bertz CT molecular complexity index is 158. The lowest BCUT2D eigenvalue weighted by molar-refractivity contribution is -0.703. The number of rotatable bonds is 5. The number of hydrogen-bond donors (Lipinski definition) is 2. The van der Waals surface area contributed by atoms with Crippen molar-refractivity contribution in [2.24, 2.45) is 5.16 Å². The highest BCUT2D eigenvalue weighted by Crippen LogP contribution is 1.97. The zero-order valence-corrected chi connectivity index (χ0v) is 9.73. The zero-order valence-electron chi connectivity index (χ0n) is 8.97. The second-order valence-corrected chi connectivity index (χ2v) is 3.75. The molecule has 0 bridgehead atoms. The molecule has 3 N–H and O–H groups in total. The number of halogens is 1. The average molecular weight is 209 g/mol. The van der Waals surface area contributed by atoms with Gasteiger partial charge in [-0.25, -0.2) is 0 Å². The molecule has 0 heterocycles. The summed E-state index contributed by atoms with van der Waals surface area (Å²) in [5, 5.41) is 14.0. The Labute approximate surface area is 87.0 Å². The highest BCUT2D eigenvalue weighted by molar-refractivity contribution is 5.88. The Morgan fingerprint density at radius 3 is 2.38 bits per heavy atom. The molecule has 0 saturated carbocycles. The van der Waals surface area contributed by atoms with Crippen LogP contribution >= 0.6 is 0 Å². The predicted molar refractivity (Wildman–Crippen MR) is 50.7 cm³/mol. The quantitative estimate of drug-likeness (QED) is 0.233. The first kappa shape index (κ1) is 15.2. The van der Waals surface area contributed by atoms with Crippen molar-refractivity contribution in [3.05, 3.63) is 0 Å². The van der Waals surface area contributed by atoms with E-state index in [0.29, 0.717) is 0 Å². The molecule has 13 heavy (non-hydrogen) atoms. The number of hydrogen-bond acceptors (Lipinski definition) is 2. The van der Waals surface area contributed by atoms with Crippen LogP contribution in [0.25, 0.3) is 0 Å². The van der Waals surface area contributed by atoms with E-state index in [1.54, 1.807) is 0 Å². The summed E-state index contributed by atoms with van der Waals surface area (Å²) in [6.07, 6.45) is 2.42. The van der Waals surface area contributed by atoms with Crippen molar-refractivity contribution in [3.8, 4) is 0 Å². The summed E-state index contributed by atoms with van der Waals surface area (Å²) >= 11 is 0. The first-order valence-electron chi connectivity index (χ1n) is 4.58. The SMILES string of the molecule is CCCC[NH2+]C(C)(C)C(C)=NO.[Cl-]. The van der Waals surface area contributed by atoms with Crippen LogP contribution < -0.4 is 17.7 Å². The average Bonchev–Trinajstić information content (AvgIpc) is 2.03. The molecule has 0 saturated heterocycles. The Hall–Kier alpha value is -0.280. The number of nitrogens with zero attached hydrogens (tertiary/aromatic N) is 1. The molecule has 0 aromatic heterocycles. The van der Waals surface area contributed by atoms with Crippen molar-refractivity contribution in [2.45, 2.75) is 46.1 Å². The lowest BCUT2D eigenvalue weighted by atomic mass is 9.99. The Kier molecular flexibility index (Phi) is 8.37. The zero-order chi connectivity index (χ0) is 9.61. The van der Waals surface area contributed by atoms with Gasteiger partial charge in [-0.2, -0.15) is 0 Å². The van der Waals surface area contributed by atoms with E-state index in [2.05, 4.69) is 31.2 Å². The summed E-state index contributed by atoms with van der Waals surface area (Å²) in [5.41, 5.74) is 0.711. The van der Waals surface area contributed by atoms with Crippen molar-refractivity contribution in [2.75, 3.05) is 6.54 Å². The second kappa shape index (κ2) is 7.15. The number of unbranched alkanes of at least 4 members (excludes halogenated alkanes) is 1. The molecular formula is C9H21ClN2O. The van der Waals surface area contributed by atoms with Gasteiger partial charge in [0.2, 0.25) is 0 Å². The summed E-state index contributed by atoms with van der Waals surface area (Å²) in [5.74, 6) is 0. The normalized spacial score (nSPS) is 12.5. The minimum atomic E-state index is -0.0656. The third-order valence-electron chi connectivity index (χ3n) is 2.29. The minimum Gasteiger partial charge on any atom is -1.00 e. The first-order chi connectivity index (χ1) is 5.54. The van der Waals surface area contributed by atoms with E-state index in [0.717, 1.165) is 12.3 Å². The van der Waals surface area contributed by atoms with Crippen LogP contribution in [-0.4, -0.2) is 23.0 Å². The maximum atomic E-state index is 8.59. The summed E-state index contributed by atoms with van der Waals surface area (Å²) in [6, 6.07) is 0. The fourth-order valence-corrected chi connectivity index (χ4v) is 0.944. The molecule has 0 aromatic carbocycles. The molecular weight excluding hydrogens is 188 g/mol. The van der Waals surface area contributed by atoms with Gasteiger partial charge in [-0.15, -0.1) is 0 Å². The van der Waals surface area contributed by atoms with Gasteiger partial charge in [0.25, 0.3) is 0 Å². The van der Waals surface area contributed by atoms with E-state index in [1.165, 1.54) is 12.8 Å². The Morgan fingerprint density at radius 1 is 1.46 bits per heavy atom.